The van der Waals surface area contributed by atoms with Crippen molar-refractivity contribution >= 4 is 33.9 Å². The zero-order chi connectivity index (χ0) is 24.2. The molecule has 3 aromatic carbocycles. The summed E-state index contributed by atoms with van der Waals surface area (Å²) in [6.07, 6.45) is 3.91. The fourth-order valence-corrected chi connectivity index (χ4v) is 4.33. The lowest BCUT2D eigenvalue weighted by Gasteiger charge is -2.17. The first-order valence-corrected chi connectivity index (χ1v) is 11.8. The van der Waals surface area contributed by atoms with Crippen LogP contribution in [-0.2, 0) is 13.0 Å². The van der Waals surface area contributed by atoms with Gasteiger partial charge >= 0.3 is 0 Å². The van der Waals surface area contributed by atoms with E-state index in [4.69, 9.17) is 21.3 Å². The molecule has 0 aliphatic carbocycles. The smallest absolute Gasteiger partial charge is 0.176 e. The Hall–Kier alpha value is -3.28. The molecule has 0 amide bonds. The summed E-state index contributed by atoms with van der Waals surface area (Å²) in [4.78, 5) is 6.87. The van der Waals surface area contributed by atoms with Crippen LogP contribution >= 0.6 is 11.6 Å². The van der Waals surface area contributed by atoms with E-state index in [2.05, 4.69) is 61.6 Å². The third-order valence-corrected chi connectivity index (χ3v) is 6.06. The summed E-state index contributed by atoms with van der Waals surface area (Å²) in [5, 5.41) is 15.1. The Labute approximate surface area is 206 Å². The average molecular weight is 476 g/mol. The monoisotopic (exact) mass is 475 g/mol. The molecule has 176 valence electrons. The Kier molecular flexibility index (Phi) is 7.25. The van der Waals surface area contributed by atoms with Crippen LogP contribution in [0.4, 0.5) is 11.4 Å². The average Bonchev–Trinajstić information content (AvgIpc) is 2.83. The highest BCUT2D eigenvalue weighted by molar-refractivity contribution is 6.32. The van der Waals surface area contributed by atoms with Crippen LogP contribution in [0.5, 0.6) is 11.5 Å². The third-order valence-electron chi connectivity index (χ3n) is 5.77. The molecule has 0 saturated heterocycles. The van der Waals surface area contributed by atoms with Crippen molar-refractivity contribution in [2.45, 2.75) is 26.3 Å². The molecule has 34 heavy (non-hydrogen) atoms. The van der Waals surface area contributed by atoms with Gasteiger partial charge in [0.15, 0.2) is 11.5 Å². The summed E-state index contributed by atoms with van der Waals surface area (Å²) in [7, 11) is 5.66. The van der Waals surface area contributed by atoms with E-state index in [1.807, 2.05) is 18.3 Å². The Morgan fingerprint density at radius 1 is 1.03 bits per heavy atom. The summed E-state index contributed by atoms with van der Waals surface area (Å²) in [6.45, 7) is 3.08. The highest BCUT2D eigenvalue weighted by Gasteiger charge is 2.14. The van der Waals surface area contributed by atoms with Crippen LogP contribution in [0.1, 0.15) is 24.5 Å². The zero-order valence-corrected chi connectivity index (χ0v) is 20.8. The van der Waals surface area contributed by atoms with E-state index < -0.39 is 0 Å². The zero-order valence-electron chi connectivity index (χ0n) is 20.0. The van der Waals surface area contributed by atoms with Gasteiger partial charge in [0.05, 0.1) is 23.3 Å². The maximum atomic E-state index is 10.1. The fourth-order valence-electron chi connectivity index (χ4n) is 4.12. The molecule has 0 aliphatic heterocycles. The number of methoxy groups -OCH3 is 1. The quantitative estimate of drug-likeness (QED) is 0.286. The molecule has 0 atom stereocenters. The highest BCUT2D eigenvalue weighted by Crippen LogP contribution is 2.40. The van der Waals surface area contributed by atoms with Crippen molar-refractivity contribution in [2.24, 2.45) is 0 Å². The van der Waals surface area contributed by atoms with Crippen LogP contribution in [0.3, 0.4) is 0 Å². The summed E-state index contributed by atoms with van der Waals surface area (Å²) in [6, 6.07) is 18.2. The molecule has 0 saturated carbocycles. The van der Waals surface area contributed by atoms with Crippen molar-refractivity contribution < 1.29 is 9.84 Å². The number of nitrogens with zero attached hydrogens (tertiary/aromatic N) is 2. The van der Waals surface area contributed by atoms with Gasteiger partial charge in [-0.25, -0.2) is 0 Å². The van der Waals surface area contributed by atoms with Crippen molar-refractivity contribution in [3.05, 3.63) is 76.9 Å². The molecule has 5 nitrogen and oxygen atoms in total. The second-order valence-electron chi connectivity index (χ2n) is 8.71. The van der Waals surface area contributed by atoms with E-state index in [0.29, 0.717) is 5.75 Å². The van der Waals surface area contributed by atoms with Crippen molar-refractivity contribution in [2.75, 3.05) is 26.5 Å². The van der Waals surface area contributed by atoms with Crippen LogP contribution in [0.2, 0.25) is 5.02 Å². The van der Waals surface area contributed by atoms with Gasteiger partial charge in [0.1, 0.15) is 0 Å². The fraction of sp³-hybridized carbons (Fsp3) is 0.250. The van der Waals surface area contributed by atoms with E-state index in [-0.39, 0.29) is 10.8 Å². The number of halogens is 1. The summed E-state index contributed by atoms with van der Waals surface area (Å²) < 4.78 is 5.30. The number of hydrogen-bond acceptors (Lipinski definition) is 5. The standard InChI is InChI=1S/C28H30ClN3O2/c1-5-6-20-16-30-25-12-9-19(21-14-24(29)28(33)26(15-21)34-4)13-23(25)27(20)31-22-10-7-18(8-11-22)17-32(2)3/h7-16,33H,5-6,17H2,1-4H3,(H,30,31). The first-order valence-electron chi connectivity index (χ1n) is 11.4. The number of phenolic OH excluding ortho intramolecular Hbond substituents is 1. The Balaban J connectivity index is 1.80. The number of pyridine rings is 1. The van der Waals surface area contributed by atoms with E-state index in [0.717, 1.165) is 52.8 Å². The van der Waals surface area contributed by atoms with Crippen molar-refractivity contribution in [3.8, 4) is 22.6 Å². The summed E-state index contributed by atoms with van der Waals surface area (Å²) in [5.74, 6) is 0.289. The minimum absolute atomic E-state index is 0.0549. The lowest BCUT2D eigenvalue weighted by Crippen LogP contribution is -2.10. The summed E-state index contributed by atoms with van der Waals surface area (Å²) >= 11 is 6.26. The molecule has 0 radical (unpaired) electrons. The number of ether oxygens (including phenoxy) is 1. The molecule has 1 heterocycles. The van der Waals surface area contributed by atoms with Crippen LogP contribution in [0.25, 0.3) is 22.0 Å². The molecule has 0 bridgehead atoms. The van der Waals surface area contributed by atoms with Gasteiger partial charge in [0, 0.05) is 23.8 Å². The second-order valence-corrected chi connectivity index (χ2v) is 9.12. The first kappa shape index (κ1) is 23.9. The van der Waals surface area contributed by atoms with Gasteiger partial charge in [-0.3, -0.25) is 4.98 Å². The van der Waals surface area contributed by atoms with Crippen molar-refractivity contribution in [1.29, 1.82) is 0 Å². The van der Waals surface area contributed by atoms with Crippen LogP contribution in [-0.4, -0.2) is 36.2 Å². The van der Waals surface area contributed by atoms with Gasteiger partial charge in [0.25, 0.3) is 0 Å². The van der Waals surface area contributed by atoms with Gasteiger partial charge in [0.2, 0.25) is 0 Å². The maximum absolute atomic E-state index is 10.1. The Morgan fingerprint density at radius 2 is 1.79 bits per heavy atom. The van der Waals surface area contributed by atoms with Gasteiger partial charge in [-0.05, 0) is 79.2 Å². The van der Waals surface area contributed by atoms with E-state index in [9.17, 15) is 5.11 Å². The number of phenols is 1. The lowest BCUT2D eigenvalue weighted by molar-refractivity contribution is 0.374. The molecule has 0 aliphatic rings. The number of aromatic hydroxyl groups is 1. The van der Waals surface area contributed by atoms with E-state index in [1.54, 1.807) is 12.1 Å². The second kappa shape index (κ2) is 10.3. The predicted octanol–water partition coefficient (Wildman–Crippen LogP) is 7.03. The number of aryl methyl sites for hydroxylation is 1. The molecular weight excluding hydrogens is 446 g/mol. The van der Waals surface area contributed by atoms with Crippen LogP contribution in [0, 0.1) is 0 Å². The number of fused-ring (bicyclic) bond motifs is 1. The van der Waals surface area contributed by atoms with Crippen LogP contribution < -0.4 is 10.1 Å². The highest BCUT2D eigenvalue weighted by atomic mass is 35.5. The van der Waals surface area contributed by atoms with Gasteiger partial charge in [-0.15, -0.1) is 0 Å². The SMILES string of the molecule is CCCc1cnc2ccc(-c3cc(Cl)c(O)c(OC)c3)cc2c1Nc1ccc(CN(C)C)cc1. The molecule has 0 unspecified atom stereocenters. The number of anilines is 2. The topological polar surface area (TPSA) is 57.6 Å². The van der Waals surface area contributed by atoms with E-state index in [1.165, 1.54) is 18.2 Å². The molecule has 0 spiro atoms. The number of hydrogen-bond donors (Lipinski definition) is 2. The maximum Gasteiger partial charge on any atom is 0.176 e. The number of benzene rings is 3. The minimum Gasteiger partial charge on any atom is -0.503 e. The number of aromatic nitrogens is 1. The number of nitrogens with one attached hydrogen (secondary N) is 1. The third kappa shape index (κ3) is 5.11. The molecule has 2 N–H and O–H groups in total. The van der Waals surface area contributed by atoms with Crippen LogP contribution in [0.15, 0.2) is 60.8 Å². The van der Waals surface area contributed by atoms with Gasteiger partial charge in [-0.2, -0.15) is 0 Å². The molecular formula is C28H30ClN3O2. The number of rotatable bonds is 8. The first-order chi connectivity index (χ1) is 16.4. The van der Waals surface area contributed by atoms with Gasteiger partial charge in [-0.1, -0.05) is 43.1 Å². The predicted molar refractivity (Wildman–Crippen MR) is 142 cm³/mol. The minimum atomic E-state index is -0.0549. The van der Waals surface area contributed by atoms with Crippen molar-refractivity contribution in [1.82, 2.24) is 9.88 Å². The van der Waals surface area contributed by atoms with E-state index >= 15 is 0 Å². The Bertz CT molecular complexity index is 1300. The molecule has 0 fully saturated rings. The normalized spacial score (nSPS) is 11.2. The molecule has 6 heteroatoms. The molecule has 4 rings (SSSR count). The molecule has 1 aromatic heterocycles. The Morgan fingerprint density at radius 3 is 2.47 bits per heavy atom. The lowest BCUT2D eigenvalue weighted by atomic mass is 9.99. The summed E-state index contributed by atoms with van der Waals surface area (Å²) in [5.41, 5.74) is 7.27. The van der Waals surface area contributed by atoms with Gasteiger partial charge < -0.3 is 20.1 Å². The van der Waals surface area contributed by atoms with Crippen molar-refractivity contribution in [3.63, 3.8) is 0 Å². The molecule has 4 aromatic rings. The largest absolute Gasteiger partial charge is 0.503 e.